The van der Waals surface area contributed by atoms with E-state index in [2.05, 4.69) is 19.6 Å². The van der Waals surface area contributed by atoms with E-state index in [4.69, 9.17) is 37.9 Å². The Morgan fingerprint density at radius 3 is 2.12 bits per heavy atom. The van der Waals surface area contributed by atoms with Crippen LogP contribution in [-0.4, -0.2) is 88.2 Å². The summed E-state index contributed by atoms with van der Waals surface area (Å²) in [5.41, 5.74) is -6.13. The van der Waals surface area contributed by atoms with Crippen LogP contribution in [0.1, 0.15) is 42.2 Å². The third-order valence-corrected chi connectivity index (χ3v) is 12.4. The summed E-state index contributed by atoms with van der Waals surface area (Å²) in [7, 11) is 2.20. The number of aliphatic hydroxyl groups is 1. The summed E-state index contributed by atoms with van der Waals surface area (Å²) in [4.78, 5) is 59.2. The highest BCUT2D eigenvalue weighted by molar-refractivity contribution is 6.76. The number of methoxy groups -OCH3 is 3. The minimum Gasteiger partial charge on any atom is -0.496 e. The summed E-state index contributed by atoms with van der Waals surface area (Å²) in [5.74, 6) is -7.37. The molecule has 1 aliphatic heterocycles. The van der Waals surface area contributed by atoms with Gasteiger partial charge in [-0.05, 0) is 41.6 Å². The van der Waals surface area contributed by atoms with E-state index in [1.807, 2.05) is 6.07 Å². The Hall–Kier alpha value is -5.80. The zero-order chi connectivity index (χ0) is 41.6. The summed E-state index contributed by atoms with van der Waals surface area (Å²) < 4.78 is 48.0. The highest BCUT2D eigenvalue weighted by atomic mass is 28.3. The van der Waals surface area contributed by atoms with Gasteiger partial charge >= 0.3 is 11.8 Å². The molecule has 2 aliphatic carbocycles. The monoisotopic (exact) mass is 808 g/mol. The molecule has 0 radical (unpaired) electrons. The number of ether oxygens (including phenoxy) is 8. The lowest BCUT2D eigenvalue weighted by atomic mass is 9.58. The predicted octanol–water partition coefficient (Wildman–Crippen LogP) is 4.73. The fourth-order valence-corrected chi connectivity index (χ4v) is 8.47. The van der Waals surface area contributed by atoms with Gasteiger partial charge in [0.05, 0.1) is 39.4 Å². The van der Waals surface area contributed by atoms with Gasteiger partial charge in [0.1, 0.15) is 30.5 Å². The van der Waals surface area contributed by atoms with Gasteiger partial charge in [-0.1, -0.05) is 74.2 Å². The van der Waals surface area contributed by atoms with Crippen molar-refractivity contribution in [1.29, 1.82) is 0 Å². The summed E-state index contributed by atoms with van der Waals surface area (Å²) >= 11 is 0. The third kappa shape index (κ3) is 6.18. The molecule has 0 amide bonds. The number of esters is 1. The van der Waals surface area contributed by atoms with Crippen LogP contribution in [0.3, 0.4) is 0 Å². The van der Waals surface area contributed by atoms with Gasteiger partial charge in [-0.25, -0.2) is 4.79 Å². The Morgan fingerprint density at radius 2 is 1.52 bits per heavy atom. The number of fused-ring (bicyclic) bond motifs is 5. The van der Waals surface area contributed by atoms with E-state index in [0.717, 1.165) is 6.08 Å². The SMILES string of the molecule is COC(=O)c1c(OC)cc2cc3c(c(OCc4ccccc4)c2c1C)C(=O)[C@]1(O)C(=O)C=C(OC)C2(OC=c4ccccc4=CO2)[C@]1(OCOCC[Si](C)(C)C)C3=O. The standard InChI is InChI=1S/C44H44O13Si/c1-26-35-30(20-32(50-2)36(26)41(48)52-4)19-31-37(38(35)54-22-27-13-9-8-10-14-27)40(47)42(49)33(45)21-34(51-3)44(55-23-28-15-11-12-16-29(28)24-56-44)43(42,39(31)46)57-25-53-17-18-58(5,6)7/h8-16,19-21,23-24,49H,17-18,22,25H2,1-7H3/t42-,43+/m1/s1. The molecule has 7 rings (SSSR count). The molecular formula is C44H44O13Si. The van der Waals surface area contributed by atoms with Crippen molar-refractivity contribution in [3.8, 4) is 11.5 Å². The van der Waals surface area contributed by atoms with Crippen LogP contribution in [0, 0.1) is 6.92 Å². The van der Waals surface area contributed by atoms with E-state index < -0.39 is 60.7 Å². The molecule has 1 spiro atoms. The topological polar surface area (TPSA) is 162 Å². The van der Waals surface area contributed by atoms with Crippen molar-refractivity contribution in [2.75, 3.05) is 34.7 Å². The van der Waals surface area contributed by atoms with Gasteiger partial charge in [0.25, 0.3) is 5.60 Å². The molecule has 14 heteroatoms. The number of hydrogen-bond acceptors (Lipinski definition) is 13. The van der Waals surface area contributed by atoms with Crippen molar-refractivity contribution in [2.24, 2.45) is 0 Å². The predicted molar refractivity (Wildman–Crippen MR) is 213 cm³/mol. The highest BCUT2D eigenvalue weighted by Crippen LogP contribution is 2.56. The van der Waals surface area contributed by atoms with Crippen molar-refractivity contribution in [1.82, 2.24) is 0 Å². The fourth-order valence-electron chi connectivity index (χ4n) is 7.71. The number of rotatable bonds is 12. The summed E-state index contributed by atoms with van der Waals surface area (Å²) in [5, 5.41) is 14.7. The van der Waals surface area contributed by atoms with Crippen molar-refractivity contribution in [3.63, 3.8) is 0 Å². The summed E-state index contributed by atoms with van der Waals surface area (Å²) in [6.45, 7) is 7.50. The average molecular weight is 809 g/mol. The number of ketones is 3. The van der Waals surface area contributed by atoms with Crippen molar-refractivity contribution >= 4 is 54.7 Å². The second-order valence-corrected chi connectivity index (χ2v) is 21.0. The largest absolute Gasteiger partial charge is 0.496 e. The normalized spacial score (nSPS) is 20.6. The first kappa shape index (κ1) is 40.4. The second-order valence-electron chi connectivity index (χ2n) is 15.4. The van der Waals surface area contributed by atoms with Crippen LogP contribution >= 0.6 is 0 Å². The molecule has 0 bridgehead atoms. The zero-order valence-electron chi connectivity index (χ0n) is 33.3. The fraction of sp³-hybridized carbons (Fsp3) is 0.318. The van der Waals surface area contributed by atoms with Crippen LogP contribution in [0.2, 0.25) is 25.7 Å². The molecule has 302 valence electrons. The third-order valence-electron chi connectivity index (χ3n) is 10.7. The number of aryl methyl sites for hydroxylation is 1. The molecule has 1 N–H and O–H groups in total. The first-order chi connectivity index (χ1) is 27.7. The molecule has 0 aromatic heterocycles. The zero-order valence-corrected chi connectivity index (χ0v) is 34.3. The van der Waals surface area contributed by atoms with Gasteiger partial charge in [-0.3, -0.25) is 14.4 Å². The molecule has 3 aliphatic rings. The van der Waals surface area contributed by atoms with Crippen LogP contribution in [0.5, 0.6) is 11.5 Å². The number of Topliss-reactive ketones (excluding diaryl/α,β-unsaturated/α-hetero) is 2. The first-order valence-corrected chi connectivity index (χ1v) is 22.3. The van der Waals surface area contributed by atoms with Gasteiger partial charge in [-0.15, -0.1) is 0 Å². The number of carbonyl (C=O) groups excluding carboxylic acids is 4. The molecule has 4 aromatic carbocycles. The van der Waals surface area contributed by atoms with Crippen LogP contribution < -0.4 is 19.9 Å². The lowest BCUT2D eigenvalue weighted by Crippen LogP contribution is -2.82. The Labute approximate surface area is 335 Å². The van der Waals surface area contributed by atoms with E-state index in [9.17, 15) is 14.7 Å². The van der Waals surface area contributed by atoms with E-state index in [1.54, 1.807) is 55.5 Å². The summed E-state index contributed by atoms with van der Waals surface area (Å²) in [6.07, 6.45) is 3.42. The van der Waals surface area contributed by atoms with Crippen LogP contribution in [-0.2, 0) is 39.8 Å². The second kappa shape index (κ2) is 15.2. The van der Waals surface area contributed by atoms with Crippen molar-refractivity contribution < 1.29 is 62.2 Å². The average Bonchev–Trinajstić information content (AvgIpc) is 3.41. The van der Waals surface area contributed by atoms with Gasteiger partial charge in [0.15, 0.2) is 5.76 Å². The molecule has 0 saturated heterocycles. The number of hydrogen-bond donors (Lipinski definition) is 1. The number of benzene rings is 4. The lowest BCUT2D eigenvalue weighted by Gasteiger charge is -2.55. The van der Waals surface area contributed by atoms with E-state index in [0.29, 0.717) is 27.4 Å². The Bertz CT molecular complexity index is 2470. The maximum Gasteiger partial charge on any atom is 0.351 e. The molecule has 13 nitrogen and oxygen atoms in total. The van der Waals surface area contributed by atoms with Gasteiger partial charge in [0, 0.05) is 42.1 Å². The highest BCUT2D eigenvalue weighted by Gasteiger charge is 2.84. The van der Waals surface area contributed by atoms with E-state index in [1.165, 1.54) is 46.0 Å². The Morgan fingerprint density at radius 1 is 0.862 bits per heavy atom. The lowest BCUT2D eigenvalue weighted by molar-refractivity contribution is -0.305. The van der Waals surface area contributed by atoms with Gasteiger partial charge in [0.2, 0.25) is 23.0 Å². The number of carbonyl (C=O) groups is 4. The molecule has 58 heavy (non-hydrogen) atoms. The molecule has 0 saturated carbocycles. The molecule has 0 unspecified atom stereocenters. The molecule has 1 heterocycles. The molecule has 0 fully saturated rings. The maximum atomic E-state index is 15.9. The van der Waals surface area contributed by atoms with Crippen molar-refractivity contribution in [3.05, 3.63) is 117 Å². The van der Waals surface area contributed by atoms with E-state index in [-0.39, 0.29) is 52.5 Å². The minimum absolute atomic E-state index is 0.0368. The first-order valence-electron chi connectivity index (χ1n) is 18.6. The summed E-state index contributed by atoms with van der Waals surface area (Å²) in [6, 6.07) is 19.6. The van der Waals surface area contributed by atoms with Crippen LogP contribution in [0.25, 0.3) is 23.3 Å². The van der Waals surface area contributed by atoms with Gasteiger partial charge in [-0.2, -0.15) is 0 Å². The minimum atomic E-state index is -3.37. The van der Waals surface area contributed by atoms with Gasteiger partial charge < -0.3 is 43.0 Å². The van der Waals surface area contributed by atoms with E-state index >= 15 is 9.59 Å². The van der Waals surface area contributed by atoms with Crippen molar-refractivity contribution in [2.45, 2.75) is 56.2 Å². The Balaban J connectivity index is 1.55. The Kier molecular flexibility index (Phi) is 10.6. The molecule has 2 atom stereocenters. The van der Waals surface area contributed by atoms with Crippen LogP contribution in [0.4, 0.5) is 0 Å². The van der Waals surface area contributed by atoms with Crippen LogP contribution in [0.15, 0.2) is 78.6 Å². The molecular weight excluding hydrogens is 765 g/mol. The maximum absolute atomic E-state index is 15.9. The molecule has 4 aromatic rings. The smallest absolute Gasteiger partial charge is 0.351 e. The quantitative estimate of drug-likeness (QED) is 0.0688.